The van der Waals surface area contributed by atoms with E-state index in [1.165, 1.54) is 17.8 Å². The summed E-state index contributed by atoms with van der Waals surface area (Å²) in [5.41, 5.74) is 6.65. The van der Waals surface area contributed by atoms with E-state index in [1.54, 1.807) is 6.92 Å². The van der Waals surface area contributed by atoms with Crippen molar-refractivity contribution in [2.75, 3.05) is 11.1 Å². The molecule has 1 aromatic carbocycles. The molecule has 144 valence electrons. The van der Waals surface area contributed by atoms with Crippen LogP contribution in [0.3, 0.4) is 0 Å². The van der Waals surface area contributed by atoms with Crippen LogP contribution < -0.4 is 11.1 Å². The lowest BCUT2D eigenvalue weighted by Crippen LogP contribution is -2.16. The third-order valence-electron chi connectivity index (χ3n) is 3.50. The number of thioether (sulfide) groups is 1. The minimum atomic E-state index is -4.50. The Balaban J connectivity index is 0.00000338. The third kappa shape index (κ3) is 5.93. The second kappa shape index (κ2) is 9.29. The van der Waals surface area contributed by atoms with Crippen molar-refractivity contribution in [2.24, 2.45) is 5.73 Å². The molecule has 0 unspecified atom stereocenters. The summed E-state index contributed by atoms with van der Waals surface area (Å²) in [6, 6.07) is 3.31. The highest BCUT2D eigenvalue weighted by Crippen LogP contribution is 2.32. The molecule has 0 spiro atoms. The molecule has 26 heavy (non-hydrogen) atoms. The van der Waals surface area contributed by atoms with Gasteiger partial charge >= 0.3 is 6.18 Å². The molecule has 2 aromatic rings. The normalized spacial score (nSPS) is 11.2. The highest BCUT2D eigenvalue weighted by Gasteiger charge is 2.31. The van der Waals surface area contributed by atoms with Crippen LogP contribution >= 0.6 is 24.2 Å². The Hall–Kier alpha value is -1.71. The van der Waals surface area contributed by atoms with E-state index in [2.05, 4.69) is 10.5 Å². The average Bonchev–Trinajstić information content (AvgIpc) is 2.85. The van der Waals surface area contributed by atoms with E-state index in [9.17, 15) is 18.0 Å². The second-order valence-corrected chi connectivity index (χ2v) is 6.45. The Morgan fingerprint density at radius 3 is 2.54 bits per heavy atom. The molecule has 1 amide bonds. The molecule has 0 fully saturated rings. The van der Waals surface area contributed by atoms with Crippen molar-refractivity contribution in [3.8, 4) is 0 Å². The second-order valence-electron chi connectivity index (χ2n) is 5.46. The van der Waals surface area contributed by atoms with Crippen molar-refractivity contribution in [2.45, 2.75) is 32.3 Å². The van der Waals surface area contributed by atoms with Gasteiger partial charge in [0, 0.05) is 23.5 Å². The van der Waals surface area contributed by atoms with Crippen LogP contribution in [0.2, 0.25) is 0 Å². The number of rotatable bonds is 6. The number of halogens is 4. The van der Waals surface area contributed by atoms with Gasteiger partial charge in [0.05, 0.1) is 17.0 Å². The molecule has 0 aliphatic carbocycles. The number of aromatic nitrogens is 1. The zero-order chi connectivity index (χ0) is 18.6. The summed E-state index contributed by atoms with van der Waals surface area (Å²) >= 11 is 1.33. The predicted octanol–water partition coefficient (Wildman–Crippen LogP) is 4.06. The van der Waals surface area contributed by atoms with Crippen molar-refractivity contribution in [3.63, 3.8) is 0 Å². The number of benzene rings is 1. The summed E-state index contributed by atoms with van der Waals surface area (Å²) in [6.07, 6.45) is -4.50. The molecule has 0 atom stereocenters. The van der Waals surface area contributed by atoms with Gasteiger partial charge in [0.25, 0.3) is 0 Å². The molecule has 0 saturated carbocycles. The molecule has 0 bridgehead atoms. The largest absolute Gasteiger partial charge is 0.416 e. The first kappa shape index (κ1) is 22.3. The molecule has 0 radical (unpaired) electrons. The lowest BCUT2D eigenvalue weighted by molar-refractivity contribution is -0.137. The fraction of sp³-hybridized carbons (Fsp3) is 0.375. The van der Waals surface area contributed by atoms with Gasteiger partial charge in [0.15, 0.2) is 0 Å². The number of alkyl halides is 3. The van der Waals surface area contributed by atoms with Crippen LogP contribution in [0, 0.1) is 13.8 Å². The molecular weight excluding hydrogens is 391 g/mol. The van der Waals surface area contributed by atoms with Crippen molar-refractivity contribution >= 4 is 35.8 Å². The van der Waals surface area contributed by atoms with Gasteiger partial charge < -0.3 is 15.6 Å². The monoisotopic (exact) mass is 409 g/mol. The van der Waals surface area contributed by atoms with Crippen LogP contribution in [0.1, 0.15) is 28.1 Å². The number of nitrogens with one attached hydrogen (secondary N) is 1. The number of anilines is 1. The first-order chi connectivity index (χ1) is 11.7. The van der Waals surface area contributed by atoms with Crippen LogP contribution in [0.4, 0.5) is 18.9 Å². The molecule has 10 heteroatoms. The summed E-state index contributed by atoms with van der Waals surface area (Å²) in [5, 5.41) is 6.31. The number of hydrogen-bond acceptors (Lipinski definition) is 5. The Morgan fingerprint density at radius 2 is 2.00 bits per heavy atom. The number of hydrogen-bond donors (Lipinski definition) is 2. The summed E-state index contributed by atoms with van der Waals surface area (Å²) in [5.74, 6) is 0.929. The third-order valence-corrected chi connectivity index (χ3v) is 4.46. The Morgan fingerprint density at radius 1 is 1.31 bits per heavy atom. The standard InChI is InChI=1S/C16H18F3N3O2S.ClH/c1-9-14(10(2)24-22-9)7-25-8-15(23)21-13-4-11(6-20)3-12(5-13)16(17,18)19;/h3-5H,6-8,20H2,1-2H3,(H,21,23);1H. The lowest BCUT2D eigenvalue weighted by atomic mass is 10.1. The van der Waals surface area contributed by atoms with Gasteiger partial charge in [-0.05, 0) is 37.6 Å². The van der Waals surface area contributed by atoms with Crippen LogP contribution in [-0.2, 0) is 23.3 Å². The van der Waals surface area contributed by atoms with Crippen molar-refractivity contribution < 1.29 is 22.5 Å². The van der Waals surface area contributed by atoms with Gasteiger partial charge in [-0.15, -0.1) is 24.2 Å². The summed E-state index contributed by atoms with van der Waals surface area (Å²) in [7, 11) is 0. The van der Waals surface area contributed by atoms with Gasteiger partial charge in [-0.25, -0.2) is 0 Å². The van der Waals surface area contributed by atoms with Gasteiger partial charge in [-0.2, -0.15) is 13.2 Å². The van der Waals surface area contributed by atoms with Crippen LogP contribution in [0.25, 0.3) is 0 Å². The van der Waals surface area contributed by atoms with E-state index in [0.717, 1.165) is 23.4 Å². The topological polar surface area (TPSA) is 81.2 Å². The van der Waals surface area contributed by atoms with Crippen molar-refractivity contribution in [1.82, 2.24) is 5.16 Å². The van der Waals surface area contributed by atoms with E-state index in [1.807, 2.05) is 6.92 Å². The fourth-order valence-corrected chi connectivity index (χ4v) is 3.17. The number of carbonyl (C=O) groups is 1. The van der Waals surface area contributed by atoms with Crippen LogP contribution in [0.15, 0.2) is 22.7 Å². The summed E-state index contributed by atoms with van der Waals surface area (Å²) < 4.78 is 43.7. The summed E-state index contributed by atoms with van der Waals surface area (Å²) in [4.78, 5) is 12.0. The number of carbonyl (C=O) groups excluding carboxylic acids is 1. The smallest absolute Gasteiger partial charge is 0.361 e. The van der Waals surface area contributed by atoms with Crippen LogP contribution in [0.5, 0.6) is 0 Å². The quantitative estimate of drug-likeness (QED) is 0.751. The SMILES string of the molecule is Cc1noc(C)c1CSCC(=O)Nc1cc(CN)cc(C(F)(F)F)c1.Cl. The van der Waals surface area contributed by atoms with Crippen molar-refractivity contribution in [3.05, 3.63) is 46.3 Å². The lowest BCUT2D eigenvalue weighted by Gasteiger charge is -2.12. The van der Waals surface area contributed by atoms with E-state index < -0.39 is 11.7 Å². The first-order valence-electron chi connectivity index (χ1n) is 7.41. The zero-order valence-electron chi connectivity index (χ0n) is 14.1. The first-order valence-corrected chi connectivity index (χ1v) is 8.56. The van der Waals surface area contributed by atoms with E-state index in [0.29, 0.717) is 17.1 Å². The maximum Gasteiger partial charge on any atom is 0.416 e. The number of aryl methyl sites for hydroxylation is 2. The number of nitrogens with two attached hydrogens (primary N) is 1. The predicted molar refractivity (Wildman–Crippen MR) is 97.4 cm³/mol. The maximum absolute atomic E-state index is 12.9. The van der Waals surface area contributed by atoms with Gasteiger partial charge in [-0.1, -0.05) is 5.16 Å². The Labute approximate surface area is 159 Å². The number of amides is 1. The number of nitrogens with zero attached hydrogens (tertiary/aromatic N) is 1. The molecule has 5 nitrogen and oxygen atoms in total. The van der Waals surface area contributed by atoms with Gasteiger partial charge in [0.2, 0.25) is 5.91 Å². The average molecular weight is 410 g/mol. The van der Waals surface area contributed by atoms with E-state index in [4.69, 9.17) is 10.3 Å². The zero-order valence-corrected chi connectivity index (χ0v) is 15.8. The molecule has 1 aromatic heterocycles. The molecule has 0 aliphatic heterocycles. The minimum absolute atomic E-state index is 0. The highest BCUT2D eigenvalue weighted by atomic mass is 35.5. The van der Waals surface area contributed by atoms with Crippen molar-refractivity contribution in [1.29, 1.82) is 0 Å². The van der Waals surface area contributed by atoms with E-state index >= 15 is 0 Å². The Bertz CT molecular complexity index is 746. The molecule has 0 aliphatic rings. The van der Waals surface area contributed by atoms with E-state index in [-0.39, 0.29) is 36.3 Å². The fourth-order valence-electron chi connectivity index (χ4n) is 2.20. The summed E-state index contributed by atoms with van der Waals surface area (Å²) in [6.45, 7) is 3.55. The molecule has 2 rings (SSSR count). The molecule has 0 saturated heterocycles. The molecule has 3 N–H and O–H groups in total. The molecular formula is C16H19ClF3N3O2S. The van der Waals surface area contributed by atoms with Gasteiger partial charge in [0.1, 0.15) is 5.76 Å². The van der Waals surface area contributed by atoms with Gasteiger partial charge in [-0.3, -0.25) is 4.79 Å². The minimum Gasteiger partial charge on any atom is -0.361 e. The maximum atomic E-state index is 12.9. The highest BCUT2D eigenvalue weighted by molar-refractivity contribution is 7.99. The molecule has 1 heterocycles. The van der Waals surface area contributed by atoms with Crippen LogP contribution in [-0.4, -0.2) is 16.8 Å². The Kier molecular flexibility index (Phi) is 7.98.